The Morgan fingerprint density at radius 3 is 2.25 bits per heavy atom. The van der Waals surface area contributed by atoms with Gasteiger partial charge in [-0.1, -0.05) is 12.1 Å². The standard InChI is InChI=1S/C12H9IN2O/c13-11-3-1-2-4-12(11)15-14-9-5-7-10(16)8-6-9/h1-8,16H. The summed E-state index contributed by atoms with van der Waals surface area (Å²) < 4.78 is 1.06. The Kier molecular flexibility index (Phi) is 3.51. The van der Waals surface area contributed by atoms with Crippen molar-refractivity contribution >= 4 is 34.0 Å². The number of benzene rings is 2. The summed E-state index contributed by atoms with van der Waals surface area (Å²) in [6, 6.07) is 14.4. The molecular weight excluding hydrogens is 315 g/mol. The highest BCUT2D eigenvalue weighted by Crippen LogP contribution is 2.24. The zero-order chi connectivity index (χ0) is 11.4. The van der Waals surface area contributed by atoms with Crippen LogP contribution in [0.1, 0.15) is 0 Å². The van der Waals surface area contributed by atoms with Crippen molar-refractivity contribution in [3.8, 4) is 5.75 Å². The average molecular weight is 324 g/mol. The molecule has 0 fully saturated rings. The van der Waals surface area contributed by atoms with Crippen LogP contribution in [-0.4, -0.2) is 5.11 Å². The Morgan fingerprint density at radius 2 is 1.56 bits per heavy atom. The number of azo groups is 1. The van der Waals surface area contributed by atoms with E-state index >= 15 is 0 Å². The van der Waals surface area contributed by atoms with E-state index in [0.717, 1.165) is 14.9 Å². The largest absolute Gasteiger partial charge is 0.508 e. The van der Waals surface area contributed by atoms with Crippen molar-refractivity contribution in [2.45, 2.75) is 0 Å². The Balaban J connectivity index is 2.21. The Bertz CT molecular complexity index is 509. The van der Waals surface area contributed by atoms with Gasteiger partial charge in [-0.25, -0.2) is 0 Å². The summed E-state index contributed by atoms with van der Waals surface area (Å²) in [7, 11) is 0. The molecule has 0 aliphatic rings. The zero-order valence-corrected chi connectivity index (χ0v) is 10.5. The minimum absolute atomic E-state index is 0.230. The molecule has 1 N–H and O–H groups in total. The molecular formula is C12H9IN2O. The van der Waals surface area contributed by atoms with Gasteiger partial charge in [-0.2, -0.15) is 5.11 Å². The number of halogens is 1. The van der Waals surface area contributed by atoms with E-state index in [1.165, 1.54) is 0 Å². The lowest BCUT2D eigenvalue weighted by Crippen LogP contribution is -1.70. The normalized spacial score (nSPS) is 10.8. The summed E-state index contributed by atoms with van der Waals surface area (Å²) >= 11 is 2.21. The molecule has 4 heteroatoms. The lowest BCUT2D eigenvalue weighted by atomic mass is 10.3. The smallest absolute Gasteiger partial charge is 0.115 e. The maximum Gasteiger partial charge on any atom is 0.115 e. The van der Waals surface area contributed by atoms with Crippen LogP contribution in [0.4, 0.5) is 11.4 Å². The van der Waals surface area contributed by atoms with E-state index in [-0.39, 0.29) is 5.75 Å². The molecule has 2 aromatic rings. The van der Waals surface area contributed by atoms with Gasteiger partial charge in [-0.05, 0) is 59.0 Å². The SMILES string of the molecule is Oc1ccc(N=Nc2ccccc2I)cc1. The second-order valence-corrected chi connectivity index (χ2v) is 4.33. The van der Waals surface area contributed by atoms with Crippen molar-refractivity contribution in [1.29, 1.82) is 0 Å². The molecule has 0 aromatic heterocycles. The molecule has 0 aliphatic heterocycles. The van der Waals surface area contributed by atoms with Crippen LogP contribution in [-0.2, 0) is 0 Å². The number of hydrogen-bond donors (Lipinski definition) is 1. The van der Waals surface area contributed by atoms with E-state index < -0.39 is 0 Å². The molecule has 0 bridgehead atoms. The van der Waals surface area contributed by atoms with E-state index in [1.807, 2.05) is 24.3 Å². The monoisotopic (exact) mass is 324 g/mol. The first kappa shape index (κ1) is 11.1. The number of hydrogen-bond acceptors (Lipinski definition) is 3. The van der Waals surface area contributed by atoms with Crippen molar-refractivity contribution in [1.82, 2.24) is 0 Å². The summed E-state index contributed by atoms with van der Waals surface area (Å²) in [6.07, 6.45) is 0. The summed E-state index contributed by atoms with van der Waals surface area (Å²) in [5, 5.41) is 17.3. The van der Waals surface area contributed by atoms with Crippen molar-refractivity contribution in [3.05, 3.63) is 52.1 Å². The van der Waals surface area contributed by atoms with Gasteiger partial charge in [0.2, 0.25) is 0 Å². The van der Waals surface area contributed by atoms with E-state index in [4.69, 9.17) is 5.11 Å². The Labute approximate surface area is 107 Å². The van der Waals surface area contributed by atoms with Gasteiger partial charge in [0.25, 0.3) is 0 Å². The van der Waals surface area contributed by atoms with Crippen molar-refractivity contribution in [2.24, 2.45) is 10.2 Å². The van der Waals surface area contributed by atoms with Crippen molar-refractivity contribution in [2.75, 3.05) is 0 Å². The van der Waals surface area contributed by atoms with E-state index in [0.29, 0.717) is 0 Å². The van der Waals surface area contributed by atoms with Crippen LogP contribution < -0.4 is 0 Å². The molecule has 0 heterocycles. The highest BCUT2D eigenvalue weighted by atomic mass is 127. The van der Waals surface area contributed by atoms with Crippen LogP contribution in [0.5, 0.6) is 5.75 Å². The van der Waals surface area contributed by atoms with Gasteiger partial charge in [0.15, 0.2) is 0 Å². The van der Waals surface area contributed by atoms with Gasteiger partial charge < -0.3 is 5.11 Å². The van der Waals surface area contributed by atoms with Crippen LogP contribution >= 0.6 is 22.6 Å². The van der Waals surface area contributed by atoms with Crippen molar-refractivity contribution in [3.63, 3.8) is 0 Å². The molecule has 16 heavy (non-hydrogen) atoms. The molecule has 0 radical (unpaired) electrons. The van der Waals surface area contributed by atoms with E-state index in [1.54, 1.807) is 24.3 Å². The van der Waals surface area contributed by atoms with Crippen LogP contribution in [0.25, 0.3) is 0 Å². The summed E-state index contributed by atoms with van der Waals surface area (Å²) in [4.78, 5) is 0. The Morgan fingerprint density at radius 1 is 0.875 bits per heavy atom. The first-order valence-electron chi connectivity index (χ1n) is 4.71. The number of nitrogens with zero attached hydrogens (tertiary/aromatic N) is 2. The fourth-order valence-electron chi connectivity index (χ4n) is 1.16. The van der Waals surface area contributed by atoms with Gasteiger partial charge in [0, 0.05) is 3.57 Å². The van der Waals surface area contributed by atoms with Gasteiger partial charge in [0.1, 0.15) is 5.75 Å². The molecule has 0 saturated carbocycles. The third-order valence-electron chi connectivity index (χ3n) is 1.98. The molecule has 0 spiro atoms. The van der Waals surface area contributed by atoms with Gasteiger partial charge in [0.05, 0.1) is 11.4 Å². The molecule has 0 saturated heterocycles. The fraction of sp³-hybridized carbons (Fsp3) is 0. The lowest BCUT2D eigenvalue weighted by Gasteiger charge is -1.96. The van der Waals surface area contributed by atoms with Crippen LogP contribution in [0.2, 0.25) is 0 Å². The average Bonchev–Trinajstić information content (AvgIpc) is 2.30. The summed E-state index contributed by atoms with van der Waals surface area (Å²) in [5.41, 5.74) is 1.56. The number of phenolic OH excluding ortho intramolecular Hbond substituents is 1. The molecule has 0 unspecified atom stereocenters. The molecule has 0 aliphatic carbocycles. The predicted molar refractivity (Wildman–Crippen MR) is 71.4 cm³/mol. The molecule has 2 aromatic carbocycles. The predicted octanol–water partition coefficient (Wildman–Crippen LogP) is 4.41. The summed E-state index contributed by atoms with van der Waals surface area (Å²) in [6.45, 7) is 0. The zero-order valence-electron chi connectivity index (χ0n) is 8.34. The quantitative estimate of drug-likeness (QED) is 0.645. The van der Waals surface area contributed by atoms with Crippen LogP contribution in [0.3, 0.4) is 0 Å². The Hall–Kier alpha value is -1.43. The minimum Gasteiger partial charge on any atom is -0.508 e. The third-order valence-corrected chi connectivity index (χ3v) is 2.89. The van der Waals surface area contributed by atoms with Gasteiger partial charge >= 0.3 is 0 Å². The van der Waals surface area contributed by atoms with Crippen LogP contribution in [0, 0.1) is 3.57 Å². The minimum atomic E-state index is 0.230. The summed E-state index contributed by atoms with van der Waals surface area (Å²) in [5.74, 6) is 0.230. The maximum atomic E-state index is 9.11. The first-order chi connectivity index (χ1) is 7.75. The second kappa shape index (κ2) is 5.07. The molecule has 0 atom stereocenters. The van der Waals surface area contributed by atoms with E-state index in [2.05, 4.69) is 32.8 Å². The van der Waals surface area contributed by atoms with Gasteiger partial charge in [-0.3, -0.25) is 0 Å². The molecule has 80 valence electrons. The first-order valence-corrected chi connectivity index (χ1v) is 5.79. The second-order valence-electron chi connectivity index (χ2n) is 3.17. The number of rotatable bonds is 2. The highest BCUT2D eigenvalue weighted by Gasteiger charge is 1.95. The lowest BCUT2D eigenvalue weighted by molar-refractivity contribution is 0.475. The topological polar surface area (TPSA) is 45.0 Å². The van der Waals surface area contributed by atoms with E-state index in [9.17, 15) is 0 Å². The molecule has 3 nitrogen and oxygen atoms in total. The fourth-order valence-corrected chi connectivity index (χ4v) is 1.66. The van der Waals surface area contributed by atoms with Gasteiger partial charge in [-0.15, -0.1) is 5.11 Å². The van der Waals surface area contributed by atoms with Crippen LogP contribution in [0.15, 0.2) is 58.8 Å². The maximum absolute atomic E-state index is 9.11. The number of phenols is 1. The molecule has 2 rings (SSSR count). The van der Waals surface area contributed by atoms with Crippen molar-refractivity contribution < 1.29 is 5.11 Å². The number of aromatic hydroxyl groups is 1. The molecule has 0 amide bonds. The highest BCUT2D eigenvalue weighted by molar-refractivity contribution is 14.1. The third kappa shape index (κ3) is 2.79.